The van der Waals surface area contributed by atoms with E-state index >= 15 is 0 Å². The molecule has 1 saturated heterocycles. The first-order valence-electron chi connectivity index (χ1n) is 11.1. The molecule has 0 aliphatic carbocycles. The van der Waals surface area contributed by atoms with E-state index in [4.69, 9.17) is 16.3 Å². The Hall–Kier alpha value is -3.49. The van der Waals surface area contributed by atoms with Crippen LogP contribution in [0, 0.1) is 0 Å². The fourth-order valence-corrected chi connectivity index (χ4v) is 4.52. The number of likely N-dealkylation sites (tertiary alicyclic amines) is 1. The fraction of sp³-hybridized carbons (Fsp3) is 0.280. The Labute approximate surface area is 202 Å². The summed E-state index contributed by atoms with van der Waals surface area (Å²) in [6.45, 7) is 1.36. The lowest BCUT2D eigenvalue weighted by Gasteiger charge is -2.32. The van der Waals surface area contributed by atoms with Gasteiger partial charge in [-0.1, -0.05) is 11.6 Å². The average molecular weight is 478 g/mol. The number of hydrogen-bond donors (Lipinski definition) is 2. The number of nitrogens with one attached hydrogen (secondary N) is 2. The van der Waals surface area contributed by atoms with Crippen LogP contribution in [0.15, 0.2) is 48.7 Å². The molecule has 8 nitrogen and oxygen atoms in total. The first kappa shape index (κ1) is 22.3. The van der Waals surface area contributed by atoms with Crippen molar-refractivity contribution in [3.05, 3.63) is 64.8 Å². The van der Waals surface area contributed by atoms with Crippen molar-refractivity contribution in [2.45, 2.75) is 25.4 Å². The molecule has 5 rings (SSSR count). The van der Waals surface area contributed by atoms with Crippen LogP contribution in [0.1, 0.15) is 28.8 Å². The van der Waals surface area contributed by atoms with E-state index in [0.717, 1.165) is 36.2 Å². The number of benzene rings is 2. The lowest BCUT2D eigenvalue weighted by atomic mass is 10.1. The second-order valence-corrected chi connectivity index (χ2v) is 8.87. The number of hydrogen-bond acceptors (Lipinski definition) is 6. The highest BCUT2D eigenvalue weighted by Gasteiger charge is 2.24. The Kier molecular flexibility index (Phi) is 6.17. The van der Waals surface area contributed by atoms with Crippen LogP contribution in [-0.4, -0.2) is 53.0 Å². The molecule has 0 saturated carbocycles. The van der Waals surface area contributed by atoms with Gasteiger partial charge >= 0.3 is 0 Å². The van der Waals surface area contributed by atoms with Crippen LogP contribution >= 0.6 is 11.6 Å². The van der Waals surface area contributed by atoms with E-state index in [1.165, 1.54) is 0 Å². The topological polar surface area (TPSA) is 96.4 Å². The van der Waals surface area contributed by atoms with Crippen LogP contribution in [0.5, 0.6) is 0 Å². The van der Waals surface area contributed by atoms with E-state index in [9.17, 15) is 9.59 Å². The smallest absolute Gasteiger partial charge is 0.253 e. The molecule has 2 amide bonds. The predicted octanol–water partition coefficient (Wildman–Crippen LogP) is 4.29. The summed E-state index contributed by atoms with van der Waals surface area (Å²) in [5.41, 5.74) is 4.20. The number of anilines is 3. The maximum Gasteiger partial charge on any atom is 0.253 e. The van der Waals surface area contributed by atoms with Gasteiger partial charge in [-0.3, -0.25) is 9.59 Å². The number of fused-ring (bicyclic) bond motifs is 3. The molecule has 0 spiro atoms. The van der Waals surface area contributed by atoms with Crippen molar-refractivity contribution < 1.29 is 14.3 Å². The zero-order valence-electron chi connectivity index (χ0n) is 18.7. The Morgan fingerprint density at radius 1 is 1.24 bits per heavy atom. The second-order valence-electron chi connectivity index (χ2n) is 8.44. The summed E-state index contributed by atoms with van der Waals surface area (Å²) in [7, 11) is 1.69. The van der Waals surface area contributed by atoms with Gasteiger partial charge in [0.25, 0.3) is 5.91 Å². The minimum absolute atomic E-state index is 0.00187. The van der Waals surface area contributed by atoms with Gasteiger partial charge in [0.2, 0.25) is 11.9 Å². The van der Waals surface area contributed by atoms with Crippen LogP contribution < -0.4 is 10.6 Å². The zero-order chi connectivity index (χ0) is 23.7. The molecular formula is C25H24ClN5O3. The average Bonchev–Trinajstić information content (AvgIpc) is 2.98. The van der Waals surface area contributed by atoms with Crippen LogP contribution in [0.3, 0.4) is 0 Å². The summed E-state index contributed by atoms with van der Waals surface area (Å²) in [5, 5.41) is 6.60. The van der Waals surface area contributed by atoms with Crippen LogP contribution in [0.2, 0.25) is 5.02 Å². The highest BCUT2D eigenvalue weighted by atomic mass is 35.5. The molecule has 9 heteroatoms. The van der Waals surface area contributed by atoms with Crippen molar-refractivity contribution >= 4 is 40.7 Å². The highest BCUT2D eigenvalue weighted by Crippen LogP contribution is 2.34. The van der Waals surface area contributed by atoms with Crippen molar-refractivity contribution in [3.63, 3.8) is 0 Å². The van der Waals surface area contributed by atoms with Gasteiger partial charge in [-0.05, 0) is 55.3 Å². The molecule has 1 aromatic heterocycles. The summed E-state index contributed by atoms with van der Waals surface area (Å²) in [6, 6.07) is 12.6. The van der Waals surface area contributed by atoms with Gasteiger partial charge in [0, 0.05) is 53.8 Å². The van der Waals surface area contributed by atoms with Gasteiger partial charge in [-0.15, -0.1) is 0 Å². The number of carbonyl (C=O) groups excluding carboxylic acids is 2. The molecule has 0 radical (unpaired) electrons. The SMILES string of the molecule is COC1CCCN(C(=O)c2ccc(Nc3ncc4c(n3)-c3ccc(Cl)cc3NC(=O)C4)cc2)C1. The molecule has 3 heterocycles. The van der Waals surface area contributed by atoms with Gasteiger partial charge < -0.3 is 20.3 Å². The number of halogens is 1. The van der Waals surface area contributed by atoms with E-state index in [2.05, 4.69) is 20.6 Å². The van der Waals surface area contributed by atoms with Crippen molar-refractivity contribution in [1.29, 1.82) is 0 Å². The molecule has 0 bridgehead atoms. The van der Waals surface area contributed by atoms with Crippen molar-refractivity contribution in [2.75, 3.05) is 30.8 Å². The number of ether oxygens (including phenoxy) is 1. The van der Waals surface area contributed by atoms with Crippen molar-refractivity contribution in [3.8, 4) is 11.3 Å². The molecule has 2 N–H and O–H groups in total. The molecule has 34 heavy (non-hydrogen) atoms. The zero-order valence-corrected chi connectivity index (χ0v) is 19.4. The maximum atomic E-state index is 12.9. The third kappa shape index (κ3) is 4.60. The number of piperidine rings is 1. The summed E-state index contributed by atoms with van der Waals surface area (Å²) < 4.78 is 5.43. The van der Waals surface area contributed by atoms with Crippen molar-refractivity contribution in [2.24, 2.45) is 0 Å². The predicted molar refractivity (Wildman–Crippen MR) is 130 cm³/mol. The quantitative estimate of drug-likeness (QED) is 0.582. The van der Waals surface area contributed by atoms with E-state index in [0.29, 0.717) is 34.5 Å². The van der Waals surface area contributed by atoms with Crippen molar-refractivity contribution in [1.82, 2.24) is 14.9 Å². The first-order valence-corrected chi connectivity index (χ1v) is 11.5. The Morgan fingerprint density at radius 3 is 2.85 bits per heavy atom. The number of amides is 2. The Balaban J connectivity index is 1.35. The molecule has 2 aliphatic heterocycles. The number of aromatic nitrogens is 2. The number of rotatable bonds is 4. The van der Waals surface area contributed by atoms with Gasteiger partial charge in [0.1, 0.15) is 0 Å². The maximum absolute atomic E-state index is 12.9. The fourth-order valence-electron chi connectivity index (χ4n) is 4.35. The summed E-state index contributed by atoms with van der Waals surface area (Å²) in [4.78, 5) is 36.0. The van der Waals surface area contributed by atoms with Gasteiger partial charge in [-0.2, -0.15) is 0 Å². The van der Waals surface area contributed by atoms with Crippen LogP contribution in [0.4, 0.5) is 17.3 Å². The third-order valence-corrected chi connectivity index (χ3v) is 6.35. The minimum atomic E-state index is -0.141. The van der Waals surface area contributed by atoms with E-state index in [1.807, 2.05) is 23.1 Å². The van der Waals surface area contributed by atoms with Gasteiger partial charge in [0.05, 0.1) is 23.9 Å². The molecule has 1 fully saturated rings. The largest absolute Gasteiger partial charge is 0.380 e. The third-order valence-electron chi connectivity index (χ3n) is 6.11. The summed E-state index contributed by atoms with van der Waals surface area (Å²) in [6.07, 6.45) is 3.85. The lowest BCUT2D eigenvalue weighted by molar-refractivity contribution is -0.115. The van der Waals surface area contributed by atoms with Gasteiger partial charge in [-0.25, -0.2) is 9.97 Å². The number of methoxy groups -OCH3 is 1. The molecule has 1 unspecified atom stereocenters. The monoisotopic (exact) mass is 477 g/mol. The number of nitrogens with zero attached hydrogens (tertiary/aromatic N) is 3. The second kappa shape index (κ2) is 9.40. The minimum Gasteiger partial charge on any atom is -0.380 e. The molecule has 2 aliphatic rings. The normalized spacial score (nSPS) is 17.3. The molecule has 2 aromatic carbocycles. The van der Waals surface area contributed by atoms with E-state index in [-0.39, 0.29) is 24.3 Å². The molecule has 174 valence electrons. The number of carbonyl (C=O) groups is 2. The van der Waals surface area contributed by atoms with E-state index in [1.54, 1.807) is 37.6 Å². The standard InChI is InChI=1S/C25H24ClN5O3/c1-34-19-3-2-10-31(14-19)24(33)15-4-7-18(8-5-15)28-25-27-13-16-11-22(32)29-21-12-17(26)6-9-20(21)23(16)30-25/h4-9,12-13,19H,2-3,10-11,14H2,1H3,(H,29,32)(H,27,28,30). The lowest BCUT2D eigenvalue weighted by Crippen LogP contribution is -2.42. The van der Waals surface area contributed by atoms with Crippen LogP contribution in [0.25, 0.3) is 11.3 Å². The van der Waals surface area contributed by atoms with Crippen LogP contribution in [-0.2, 0) is 16.0 Å². The summed E-state index contributed by atoms with van der Waals surface area (Å²) >= 11 is 6.11. The van der Waals surface area contributed by atoms with E-state index < -0.39 is 0 Å². The Bertz CT molecular complexity index is 1250. The summed E-state index contributed by atoms with van der Waals surface area (Å²) in [5.74, 6) is 0.256. The van der Waals surface area contributed by atoms with Gasteiger partial charge in [0.15, 0.2) is 0 Å². The highest BCUT2D eigenvalue weighted by molar-refractivity contribution is 6.31. The first-order chi connectivity index (χ1) is 16.5. The molecule has 3 aromatic rings. The Morgan fingerprint density at radius 2 is 2.06 bits per heavy atom. The molecule has 1 atom stereocenters. The molecular weight excluding hydrogens is 454 g/mol.